The molecule has 1 nitrogen and oxygen atoms in total. The van der Waals surface area contributed by atoms with Crippen LogP contribution in [-0.4, -0.2) is 6.29 Å². The third-order valence-corrected chi connectivity index (χ3v) is 1.72. The first kappa shape index (κ1) is 11.0. The smallest absolute Gasteiger partial charge is 0.298 e. The van der Waals surface area contributed by atoms with Gasteiger partial charge in [-0.2, -0.15) is 13.2 Å². The average molecular weight is 227 g/mol. The largest absolute Gasteiger partial charge is 0.419 e. The minimum absolute atomic E-state index is 0.0174. The molecule has 0 heterocycles. The maximum absolute atomic E-state index is 12.9. The standard InChI is InChI=1S/C8H3ClF4O/c9-5-1-4(3-14)7(10)6(2-5)8(11,12)13/h1-3H. The summed E-state index contributed by atoms with van der Waals surface area (Å²) in [5.74, 6) is -1.60. The van der Waals surface area contributed by atoms with Crippen LogP contribution in [0.4, 0.5) is 17.6 Å². The van der Waals surface area contributed by atoms with Crippen molar-refractivity contribution >= 4 is 17.9 Å². The highest BCUT2D eigenvalue weighted by molar-refractivity contribution is 6.30. The van der Waals surface area contributed by atoms with Crippen molar-refractivity contribution in [2.45, 2.75) is 6.18 Å². The minimum atomic E-state index is -4.85. The predicted octanol–water partition coefficient (Wildman–Crippen LogP) is 3.31. The molecule has 0 amide bonds. The van der Waals surface area contributed by atoms with Gasteiger partial charge in [0.1, 0.15) is 5.82 Å². The molecule has 14 heavy (non-hydrogen) atoms. The van der Waals surface area contributed by atoms with Gasteiger partial charge in [-0.3, -0.25) is 4.79 Å². The fourth-order valence-corrected chi connectivity index (χ4v) is 1.13. The molecule has 0 atom stereocenters. The van der Waals surface area contributed by atoms with E-state index in [4.69, 9.17) is 11.6 Å². The Bertz CT molecular complexity index is 372. The van der Waals surface area contributed by atoms with Gasteiger partial charge in [-0.05, 0) is 12.1 Å². The molecule has 0 aliphatic rings. The van der Waals surface area contributed by atoms with Gasteiger partial charge in [0.15, 0.2) is 6.29 Å². The topological polar surface area (TPSA) is 17.1 Å². The van der Waals surface area contributed by atoms with E-state index in [-0.39, 0.29) is 11.3 Å². The number of benzene rings is 1. The Kier molecular flexibility index (Phi) is 2.80. The van der Waals surface area contributed by atoms with Gasteiger partial charge in [0, 0.05) is 5.02 Å². The van der Waals surface area contributed by atoms with E-state index in [1.54, 1.807) is 0 Å². The highest BCUT2D eigenvalue weighted by Gasteiger charge is 2.35. The van der Waals surface area contributed by atoms with Gasteiger partial charge in [-0.15, -0.1) is 0 Å². The molecule has 1 rings (SSSR count). The number of halogens is 5. The summed E-state index contributed by atoms with van der Waals surface area (Å²) in [4.78, 5) is 10.2. The quantitative estimate of drug-likeness (QED) is 0.530. The maximum atomic E-state index is 12.9. The molecule has 0 N–H and O–H groups in total. The predicted molar refractivity (Wildman–Crippen MR) is 41.8 cm³/mol. The molecular weight excluding hydrogens is 224 g/mol. The molecule has 0 aliphatic heterocycles. The number of hydrogen-bond donors (Lipinski definition) is 0. The van der Waals surface area contributed by atoms with Crippen LogP contribution in [0.1, 0.15) is 15.9 Å². The Morgan fingerprint density at radius 1 is 1.29 bits per heavy atom. The molecule has 0 saturated heterocycles. The molecule has 0 radical (unpaired) electrons. The van der Waals surface area contributed by atoms with Crippen LogP contribution in [0.2, 0.25) is 5.02 Å². The van der Waals surface area contributed by atoms with E-state index in [0.717, 1.165) is 6.07 Å². The summed E-state index contributed by atoms with van der Waals surface area (Å²) in [5, 5.41) is -0.333. The van der Waals surface area contributed by atoms with Gasteiger partial charge >= 0.3 is 6.18 Å². The normalized spacial score (nSPS) is 11.5. The summed E-state index contributed by atoms with van der Waals surface area (Å²) >= 11 is 5.28. The summed E-state index contributed by atoms with van der Waals surface area (Å²) in [5.41, 5.74) is -2.24. The second-order valence-electron chi connectivity index (χ2n) is 2.47. The van der Waals surface area contributed by atoms with Crippen molar-refractivity contribution in [3.63, 3.8) is 0 Å². The minimum Gasteiger partial charge on any atom is -0.298 e. The molecule has 0 spiro atoms. The highest BCUT2D eigenvalue weighted by Crippen LogP contribution is 2.34. The summed E-state index contributed by atoms with van der Waals surface area (Å²) in [6.45, 7) is 0. The molecule has 0 aliphatic carbocycles. The molecule has 0 fully saturated rings. The molecule has 0 aromatic heterocycles. The van der Waals surface area contributed by atoms with Crippen molar-refractivity contribution in [3.05, 3.63) is 34.1 Å². The molecular formula is C8H3ClF4O. The number of carbonyl (C=O) groups excluding carboxylic acids is 1. The van der Waals surface area contributed by atoms with E-state index in [9.17, 15) is 22.4 Å². The van der Waals surface area contributed by atoms with Gasteiger partial charge in [0.05, 0.1) is 11.1 Å². The summed E-state index contributed by atoms with van der Waals surface area (Å²) in [6, 6.07) is 1.27. The van der Waals surface area contributed by atoms with E-state index in [0.29, 0.717) is 6.07 Å². The molecule has 76 valence electrons. The van der Waals surface area contributed by atoms with Crippen molar-refractivity contribution in [1.82, 2.24) is 0 Å². The Labute approximate surface area is 81.3 Å². The third kappa shape index (κ3) is 2.04. The molecule has 1 aromatic carbocycles. The Balaban J connectivity index is 3.44. The summed E-state index contributed by atoms with van der Waals surface area (Å²) in [7, 11) is 0. The highest BCUT2D eigenvalue weighted by atomic mass is 35.5. The lowest BCUT2D eigenvalue weighted by Gasteiger charge is -2.09. The van der Waals surface area contributed by atoms with E-state index in [2.05, 4.69) is 0 Å². The van der Waals surface area contributed by atoms with E-state index in [1.807, 2.05) is 0 Å². The monoisotopic (exact) mass is 226 g/mol. The first-order valence-electron chi connectivity index (χ1n) is 3.37. The van der Waals surface area contributed by atoms with Crippen LogP contribution in [0.25, 0.3) is 0 Å². The van der Waals surface area contributed by atoms with Crippen molar-refractivity contribution in [2.75, 3.05) is 0 Å². The molecule has 6 heteroatoms. The van der Waals surface area contributed by atoms with E-state index in [1.165, 1.54) is 0 Å². The van der Waals surface area contributed by atoms with Gasteiger partial charge in [0.2, 0.25) is 0 Å². The lowest BCUT2D eigenvalue weighted by atomic mass is 10.1. The zero-order valence-electron chi connectivity index (χ0n) is 6.53. The summed E-state index contributed by atoms with van der Waals surface area (Å²) in [6.07, 6.45) is -4.87. The van der Waals surface area contributed by atoms with Crippen molar-refractivity contribution in [3.8, 4) is 0 Å². The van der Waals surface area contributed by atoms with E-state index >= 15 is 0 Å². The zero-order valence-corrected chi connectivity index (χ0v) is 7.29. The van der Waals surface area contributed by atoms with Gasteiger partial charge in [0.25, 0.3) is 0 Å². The Morgan fingerprint density at radius 2 is 1.86 bits per heavy atom. The summed E-state index contributed by atoms with van der Waals surface area (Å²) < 4.78 is 49.3. The molecule has 0 saturated carbocycles. The average Bonchev–Trinajstić information content (AvgIpc) is 2.06. The molecule has 0 unspecified atom stereocenters. The van der Waals surface area contributed by atoms with Crippen LogP contribution >= 0.6 is 11.6 Å². The first-order chi connectivity index (χ1) is 6.36. The SMILES string of the molecule is O=Cc1cc(Cl)cc(C(F)(F)F)c1F. The number of carbonyl (C=O) groups is 1. The lowest BCUT2D eigenvalue weighted by molar-refractivity contribution is -0.140. The van der Waals surface area contributed by atoms with Crippen molar-refractivity contribution in [2.24, 2.45) is 0 Å². The van der Waals surface area contributed by atoms with Crippen LogP contribution in [0.3, 0.4) is 0 Å². The van der Waals surface area contributed by atoms with Gasteiger partial charge < -0.3 is 0 Å². The van der Waals surface area contributed by atoms with Crippen LogP contribution in [0, 0.1) is 5.82 Å². The third-order valence-electron chi connectivity index (χ3n) is 1.50. The lowest BCUT2D eigenvalue weighted by Crippen LogP contribution is -2.09. The van der Waals surface area contributed by atoms with Crippen LogP contribution < -0.4 is 0 Å². The van der Waals surface area contributed by atoms with Gasteiger partial charge in [-0.1, -0.05) is 11.6 Å². The Morgan fingerprint density at radius 3 is 2.29 bits per heavy atom. The molecule has 0 bridgehead atoms. The first-order valence-corrected chi connectivity index (χ1v) is 3.75. The fraction of sp³-hybridized carbons (Fsp3) is 0.125. The second kappa shape index (κ2) is 3.57. The number of aldehydes is 1. The van der Waals surface area contributed by atoms with Crippen molar-refractivity contribution < 1.29 is 22.4 Å². The number of hydrogen-bond acceptors (Lipinski definition) is 1. The molecule has 1 aromatic rings. The van der Waals surface area contributed by atoms with E-state index < -0.39 is 23.1 Å². The maximum Gasteiger partial charge on any atom is 0.419 e. The fourth-order valence-electron chi connectivity index (χ4n) is 0.902. The second-order valence-corrected chi connectivity index (χ2v) is 2.91. The van der Waals surface area contributed by atoms with Crippen LogP contribution in [0.15, 0.2) is 12.1 Å². The zero-order chi connectivity index (χ0) is 10.9. The Hall–Kier alpha value is -1.10. The van der Waals surface area contributed by atoms with Gasteiger partial charge in [-0.25, -0.2) is 4.39 Å². The van der Waals surface area contributed by atoms with Crippen LogP contribution in [-0.2, 0) is 6.18 Å². The van der Waals surface area contributed by atoms with Crippen molar-refractivity contribution in [1.29, 1.82) is 0 Å². The number of rotatable bonds is 1. The number of alkyl halides is 3. The van der Waals surface area contributed by atoms with Crippen LogP contribution in [0.5, 0.6) is 0 Å².